The van der Waals surface area contributed by atoms with E-state index in [1.165, 1.54) is 48.5 Å². The monoisotopic (exact) mass is 414 g/mol. The molecule has 0 spiro atoms. The van der Waals surface area contributed by atoms with Crippen LogP contribution in [0.5, 0.6) is 0 Å². The number of esters is 1. The van der Waals surface area contributed by atoms with Crippen LogP contribution in [0.3, 0.4) is 0 Å². The summed E-state index contributed by atoms with van der Waals surface area (Å²) in [6, 6.07) is 11.4. The minimum absolute atomic E-state index is 0.0766. The van der Waals surface area contributed by atoms with Crippen LogP contribution >= 0.6 is 11.6 Å². The number of nitrogens with one attached hydrogen (secondary N) is 1. The lowest BCUT2D eigenvalue weighted by molar-refractivity contribution is -0.120. The second-order valence-corrected chi connectivity index (χ2v) is 6.29. The summed E-state index contributed by atoms with van der Waals surface area (Å²) in [5, 5.41) is 11.4. The molecule has 3 rings (SSSR count). The van der Waals surface area contributed by atoms with E-state index in [1.54, 1.807) is 6.92 Å². The molecule has 0 fully saturated rings. The number of carbonyl (C=O) groups is 4. The van der Waals surface area contributed by atoms with Gasteiger partial charge >= 0.3 is 11.9 Å². The highest BCUT2D eigenvalue weighted by Gasteiger charge is 2.39. The maximum Gasteiger partial charge on any atom is 0.338 e. The number of carbonyl (C=O) groups excluding carboxylic acids is 3. The maximum atomic E-state index is 12.7. The van der Waals surface area contributed by atoms with Crippen molar-refractivity contribution in [3.63, 3.8) is 0 Å². The zero-order chi connectivity index (χ0) is 21.1. The van der Waals surface area contributed by atoms with Gasteiger partial charge < -0.3 is 15.2 Å². The summed E-state index contributed by atoms with van der Waals surface area (Å²) in [7, 11) is 0. The first-order chi connectivity index (χ1) is 13.8. The number of hydrogen-bond donors (Lipinski definition) is 2. The molecular weight excluding hydrogens is 400 g/mol. The van der Waals surface area contributed by atoms with Gasteiger partial charge in [0.25, 0.3) is 11.8 Å². The van der Waals surface area contributed by atoms with Gasteiger partial charge in [-0.2, -0.15) is 0 Å². The molecule has 9 heteroatoms. The van der Waals surface area contributed by atoms with Crippen molar-refractivity contribution in [2.75, 3.05) is 16.8 Å². The van der Waals surface area contributed by atoms with Crippen LogP contribution in [0.2, 0.25) is 0 Å². The summed E-state index contributed by atoms with van der Waals surface area (Å²) >= 11 is 6.06. The second kappa shape index (κ2) is 8.15. The molecule has 0 saturated heterocycles. The normalized spacial score (nSPS) is 13.7. The third-order valence-electron chi connectivity index (χ3n) is 4.07. The molecule has 1 heterocycles. The van der Waals surface area contributed by atoms with Gasteiger partial charge in [0.2, 0.25) is 0 Å². The van der Waals surface area contributed by atoms with E-state index in [2.05, 4.69) is 5.32 Å². The van der Waals surface area contributed by atoms with Gasteiger partial charge in [0.05, 0.1) is 23.4 Å². The molecule has 29 heavy (non-hydrogen) atoms. The standard InChI is InChI=1S/C20H15ClN2O6/c1-2-29-20(28)12-5-9-14(10-6-12)23-17(24)15(21)16(18(23)25)22-13-7-3-11(4-8-13)19(26)27/h3-10,22H,2H2,1H3,(H,26,27). The number of carboxylic acids is 1. The molecule has 2 aromatic carbocycles. The Morgan fingerprint density at radius 2 is 1.59 bits per heavy atom. The summed E-state index contributed by atoms with van der Waals surface area (Å²) in [6.07, 6.45) is 0. The number of aromatic carboxylic acids is 1. The van der Waals surface area contributed by atoms with Gasteiger partial charge in [-0.25, -0.2) is 14.5 Å². The SMILES string of the molecule is CCOC(=O)c1ccc(N2C(=O)C(Cl)=C(Nc3ccc(C(=O)O)cc3)C2=O)cc1. The van der Waals surface area contributed by atoms with Crippen LogP contribution in [-0.4, -0.2) is 35.5 Å². The second-order valence-electron chi connectivity index (χ2n) is 5.91. The van der Waals surface area contributed by atoms with Crippen molar-refractivity contribution in [3.05, 3.63) is 70.4 Å². The van der Waals surface area contributed by atoms with Crippen LogP contribution < -0.4 is 10.2 Å². The molecule has 0 aliphatic carbocycles. The number of halogens is 1. The summed E-state index contributed by atoms with van der Waals surface area (Å²) in [5.74, 6) is -2.99. The Morgan fingerprint density at radius 3 is 2.14 bits per heavy atom. The molecular formula is C20H15ClN2O6. The van der Waals surface area contributed by atoms with Gasteiger partial charge in [-0.15, -0.1) is 0 Å². The number of amides is 2. The number of rotatable bonds is 6. The summed E-state index contributed by atoms with van der Waals surface area (Å²) in [6.45, 7) is 1.91. The molecule has 0 saturated carbocycles. The third-order valence-corrected chi connectivity index (χ3v) is 4.42. The van der Waals surface area contributed by atoms with Crippen molar-refractivity contribution in [1.82, 2.24) is 0 Å². The Kier molecular flexibility index (Phi) is 5.65. The molecule has 0 bridgehead atoms. The molecule has 2 N–H and O–H groups in total. The molecule has 0 radical (unpaired) electrons. The van der Waals surface area contributed by atoms with E-state index in [0.717, 1.165) is 4.90 Å². The van der Waals surface area contributed by atoms with Crippen LogP contribution in [-0.2, 0) is 14.3 Å². The number of benzene rings is 2. The third kappa shape index (κ3) is 3.97. The molecule has 2 amide bonds. The number of imide groups is 1. The van der Waals surface area contributed by atoms with Gasteiger partial charge in [-0.1, -0.05) is 11.6 Å². The quantitative estimate of drug-likeness (QED) is 0.551. The van der Waals surface area contributed by atoms with Gasteiger partial charge in [-0.05, 0) is 55.5 Å². The highest BCUT2D eigenvalue weighted by atomic mass is 35.5. The van der Waals surface area contributed by atoms with E-state index < -0.39 is 23.8 Å². The Labute approximate surface area is 170 Å². The fourth-order valence-corrected chi connectivity index (χ4v) is 2.86. The van der Waals surface area contributed by atoms with Crippen molar-refractivity contribution in [2.45, 2.75) is 6.92 Å². The lowest BCUT2D eigenvalue weighted by Crippen LogP contribution is -2.32. The predicted molar refractivity (Wildman–Crippen MR) is 105 cm³/mol. The highest BCUT2D eigenvalue weighted by molar-refractivity contribution is 6.53. The molecule has 1 aliphatic heterocycles. The van der Waals surface area contributed by atoms with E-state index in [1.807, 2.05) is 0 Å². The average molecular weight is 415 g/mol. The Hall–Kier alpha value is -3.65. The van der Waals surface area contributed by atoms with Crippen LogP contribution in [0.25, 0.3) is 0 Å². The molecule has 1 aliphatic rings. The minimum atomic E-state index is -1.08. The maximum absolute atomic E-state index is 12.7. The zero-order valence-corrected chi connectivity index (χ0v) is 15.9. The van der Waals surface area contributed by atoms with Crippen molar-refractivity contribution in [3.8, 4) is 0 Å². The molecule has 8 nitrogen and oxygen atoms in total. The van der Waals surface area contributed by atoms with Gasteiger partial charge in [0.1, 0.15) is 10.7 Å². The fourth-order valence-electron chi connectivity index (χ4n) is 2.65. The van der Waals surface area contributed by atoms with Gasteiger partial charge in [0.15, 0.2) is 0 Å². The lowest BCUT2D eigenvalue weighted by Gasteiger charge is -2.15. The first-order valence-corrected chi connectivity index (χ1v) is 8.87. The van der Waals surface area contributed by atoms with Crippen LogP contribution in [0, 0.1) is 0 Å². The van der Waals surface area contributed by atoms with E-state index in [4.69, 9.17) is 21.4 Å². The number of nitrogens with zero attached hydrogens (tertiary/aromatic N) is 1. The predicted octanol–water partition coefficient (Wildman–Crippen LogP) is 3.00. The lowest BCUT2D eigenvalue weighted by atomic mass is 10.2. The van der Waals surface area contributed by atoms with Crippen LogP contribution in [0.4, 0.5) is 11.4 Å². The summed E-state index contributed by atoms with van der Waals surface area (Å²) in [4.78, 5) is 48.8. The number of carboxylic acid groups (broad SMARTS) is 1. The molecule has 2 aromatic rings. The summed E-state index contributed by atoms with van der Waals surface area (Å²) in [5.41, 5.74) is 0.862. The van der Waals surface area contributed by atoms with E-state index in [-0.39, 0.29) is 34.2 Å². The minimum Gasteiger partial charge on any atom is -0.478 e. The molecule has 148 valence electrons. The smallest absolute Gasteiger partial charge is 0.338 e. The first kappa shape index (κ1) is 20.1. The Bertz CT molecular complexity index is 1030. The topological polar surface area (TPSA) is 113 Å². The largest absolute Gasteiger partial charge is 0.478 e. The van der Waals surface area contributed by atoms with E-state index in [9.17, 15) is 19.2 Å². The number of anilines is 2. The number of hydrogen-bond acceptors (Lipinski definition) is 6. The average Bonchev–Trinajstić information content (AvgIpc) is 2.92. The van der Waals surface area contributed by atoms with E-state index >= 15 is 0 Å². The van der Waals surface area contributed by atoms with Gasteiger partial charge in [-0.3, -0.25) is 9.59 Å². The molecule has 0 atom stereocenters. The Balaban J connectivity index is 1.81. The van der Waals surface area contributed by atoms with Gasteiger partial charge in [0, 0.05) is 5.69 Å². The van der Waals surface area contributed by atoms with E-state index in [0.29, 0.717) is 5.69 Å². The Morgan fingerprint density at radius 1 is 1.00 bits per heavy atom. The van der Waals surface area contributed by atoms with Crippen molar-refractivity contribution >= 4 is 46.7 Å². The molecule has 0 unspecified atom stereocenters. The summed E-state index contributed by atoms with van der Waals surface area (Å²) < 4.78 is 4.90. The first-order valence-electron chi connectivity index (χ1n) is 8.49. The van der Waals surface area contributed by atoms with Crippen LogP contribution in [0.15, 0.2) is 59.3 Å². The van der Waals surface area contributed by atoms with Crippen molar-refractivity contribution in [2.24, 2.45) is 0 Å². The van der Waals surface area contributed by atoms with Crippen molar-refractivity contribution in [1.29, 1.82) is 0 Å². The fraction of sp³-hybridized carbons (Fsp3) is 0.100. The highest BCUT2D eigenvalue weighted by Crippen LogP contribution is 2.30. The van der Waals surface area contributed by atoms with Crippen LogP contribution in [0.1, 0.15) is 27.6 Å². The van der Waals surface area contributed by atoms with Crippen molar-refractivity contribution < 1.29 is 29.0 Å². The molecule has 0 aromatic heterocycles. The number of ether oxygens (including phenoxy) is 1. The zero-order valence-electron chi connectivity index (χ0n) is 15.1.